The fourth-order valence-corrected chi connectivity index (χ4v) is 0.718. The first-order chi connectivity index (χ1) is 5.11. The summed E-state index contributed by atoms with van der Waals surface area (Å²) in [7, 11) is 1.77. The van der Waals surface area contributed by atoms with Gasteiger partial charge >= 0.3 is 0 Å². The van der Waals surface area contributed by atoms with E-state index in [9.17, 15) is 0 Å². The van der Waals surface area contributed by atoms with Crippen LogP contribution in [0, 0.1) is 0 Å². The van der Waals surface area contributed by atoms with Crippen molar-refractivity contribution in [3.63, 3.8) is 0 Å². The first-order valence-corrected chi connectivity index (χ1v) is 3.08. The highest BCUT2D eigenvalue weighted by molar-refractivity contribution is 6.30. The number of aromatic nitrogens is 2. The van der Waals surface area contributed by atoms with Crippen LogP contribution in [0.3, 0.4) is 0 Å². The van der Waals surface area contributed by atoms with Crippen molar-refractivity contribution in [2.24, 2.45) is 0 Å². The summed E-state index contributed by atoms with van der Waals surface area (Å²) in [5.74, 6) is 0.0486. The molecule has 0 saturated carbocycles. The van der Waals surface area contributed by atoms with Crippen LogP contribution < -0.4 is 11.3 Å². The molecule has 0 aromatic carbocycles. The number of nitrogen functional groups attached to an aromatic ring is 1. The SMILES string of the molecule is Bc1cnc(C(=C)O)c(N)n1. The fraction of sp³-hybridized carbons (Fsp3) is 0. The highest BCUT2D eigenvalue weighted by atomic mass is 16.3. The Bertz CT molecular complexity index is 300. The van der Waals surface area contributed by atoms with E-state index in [1.807, 2.05) is 0 Å². The van der Waals surface area contributed by atoms with Crippen LogP contribution in [-0.4, -0.2) is 22.9 Å². The largest absolute Gasteiger partial charge is 0.506 e. The molecule has 0 radical (unpaired) electrons. The summed E-state index contributed by atoms with van der Waals surface area (Å²) in [5, 5.41) is 8.92. The molecule has 0 amide bonds. The lowest BCUT2D eigenvalue weighted by molar-refractivity contribution is 0.510. The molecular weight excluding hydrogens is 141 g/mol. The summed E-state index contributed by atoms with van der Waals surface area (Å²) in [6.45, 7) is 3.29. The van der Waals surface area contributed by atoms with Crippen molar-refractivity contribution in [2.75, 3.05) is 5.73 Å². The number of rotatable bonds is 1. The van der Waals surface area contributed by atoms with Crippen LogP contribution in [-0.2, 0) is 0 Å². The monoisotopic (exact) mass is 149 g/mol. The van der Waals surface area contributed by atoms with Gasteiger partial charge in [-0.15, -0.1) is 0 Å². The number of nitrogens with zero attached hydrogens (tertiary/aromatic N) is 2. The number of nitrogens with two attached hydrogens (primary N) is 1. The lowest BCUT2D eigenvalue weighted by atomic mass is 10.1. The summed E-state index contributed by atoms with van der Waals surface area (Å²) in [6.07, 6.45) is 1.52. The summed E-state index contributed by atoms with van der Waals surface area (Å²) >= 11 is 0. The molecule has 11 heavy (non-hydrogen) atoms. The summed E-state index contributed by atoms with van der Waals surface area (Å²) in [5.41, 5.74) is 6.39. The summed E-state index contributed by atoms with van der Waals surface area (Å²) in [6, 6.07) is 0. The molecule has 0 spiro atoms. The minimum Gasteiger partial charge on any atom is -0.506 e. The van der Waals surface area contributed by atoms with E-state index in [0.717, 1.165) is 0 Å². The molecule has 5 heteroatoms. The molecule has 1 heterocycles. The second kappa shape index (κ2) is 2.61. The average Bonchev–Trinajstić information content (AvgIpc) is 1.85. The highest BCUT2D eigenvalue weighted by Crippen LogP contribution is 2.09. The Morgan fingerprint density at radius 2 is 2.36 bits per heavy atom. The number of hydrogen-bond acceptors (Lipinski definition) is 4. The second-order valence-corrected chi connectivity index (χ2v) is 2.19. The number of hydrogen-bond donors (Lipinski definition) is 2. The van der Waals surface area contributed by atoms with Crippen LogP contribution in [0.2, 0.25) is 0 Å². The van der Waals surface area contributed by atoms with Crippen LogP contribution in [0.1, 0.15) is 5.69 Å². The second-order valence-electron chi connectivity index (χ2n) is 2.19. The Hall–Kier alpha value is -1.52. The molecule has 0 atom stereocenters. The van der Waals surface area contributed by atoms with E-state index in [2.05, 4.69) is 16.5 Å². The minimum atomic E-state index is -0.157. The fourth-order valence-electron chi connectivity index (χ4n) is 0.718. The maximum absolute atomic E-state index is 8.92. The van der Waals surface area contributed by atoms with Crippen molar-refractivity contribution in [1.29, 1.82) is 0 Å². The number of anilines is 1. The van der Waals surface area contributed by atoms with Crippen LogP contribution in [0.15, 0.2) is 12.8 Å². The lowest BCUT2D eigenvalue weighted by Crippen LogP contribution is -2.13. The first-order valence-electron chi connectivity index (χ1n) is 3.08. The molecule has 0 aliphatic heterocycles. The van der Waals surface area contributed by atoms with Crippen molar-refractivity contribution >= 4 is 25.0 Å². The summed E-state index contributed by atoms with van der Waals surface area (Å²) < 4.78 is 0. The van der Waals surface area contributed by atoms with Gasteiger partial charge in [-0.05, 0) is 0 Å². The van der Waals surface area contributed by atoms with E-state index in [4.69, 9.17) is 10.8 Å². The number of aliphatic hydroxyl groups excluding tert-OH is 1. The zero-order chi connectivity index (χ0) is 8.43. The molecule has 0 aliphatic rings. The molecule has 4 nitrogen and oxygen atoms in total. The van der Waals surface area contributed by atoms with Crippen LogP contribution in [0.25, 0.3) is 5.76 Å². The topological polar surface area (TPSA) is 72.0 Å². The first kappa shape index (κ1) is 7.59. The number of aliphatic hydroxyl groups is 1. The molecule has 0 fully saturated rings. The Kier molecular flexibility index (Phi) is 1.80. The third kappa shape index (κ3) is 1.49. The van der Waals surface area contributed by atoms with Crippen molar-refractivity contribution < 1.29 is 5.11 Å². The Balaban J connectivity index is 3.20. The Morgan fingerprint density at radius 1 is 1.73 bits per heavy atom. The zero-order valence-electron chi connectivity index (χ0n) is 6.20. The molecule has 0 aliphatic carbocycles. The van der Waals surface area contributed by atoms with Crippen LogP contribution in [0.5, 0.6) is 0 Å². The highest BCUT2D eigenvalue weighted by Gasteiger charge is 2.03. The smallest absolute Gasteiger partial charge is 0.166 e. The van der Waals surface area contributed by atoms with Gasteiger partial charge in [-0.2, -0.15) is 0 Å². The predicted octanol–water partition coefficient (Wildman–Crippen LogP) is -1.15. The average molecular weight is 149 g/mol. The van der Waals surface area contributed by atoms with E-state index in [1.165, 1.54) is 6.20 Å². The molecule has 3 N–H and O–H groups in total. The van der Waals surface area contributed by atoms with Gasteiger partial charge in [0.1, 0.15) is 11.5 Å². The van der Waals surface area contributed by atoms with Gasteiger partial charge in [0.25, 0.3) is 0 Å². The quantitative estimate of drug-likeness (QED) is 0.390. The van der Waals surface area contributed by atoms with Crippen molar-refractivity contribution in [2.45, 2.75) is 0 Å². The third-order valence-electron chi connectivity index (χ3n) is 1.19. The van der Waals surface area contributed by atoms with Gasteiger partial charge in [-0.3, -0.25) is 0 Å². The van der Waals surface area contributed by atoms with Crippen LogP contribution in [0.4, 0.5) is 5.82 Å². The van der Waals surface area contributed by atoms with E-state index in [1.54, 1.807) is 7.85 Å². The molecule has 0 unspecified atom stereocenters. The zero-order valence-corrected chi connectivity index (χ0v) is 6.20. The molecule has 0 bridgehead atoms. The summed E-state index contributed by atoms with van der Waals surface area (Å²) in [4.78, 5) is 7.73. The lowest BCUT2D eigenvalue weighted by Gasteiger charge is -2.01. The molecule has 1 aromatic heterocycles. The normalized spacial score (nSPS) is 9.45. The third-order valence-corrected chi connectivity index (χ3v) is 1.19. The van der Waals surface area contributed by atoms with Gasteiger partial charge in [0.15, 0.2) is 13.7 Å². The van der Waals surface area contributed by atoms with Gasteiger partial charge in [0.05, 0.1) is 0 Å². The minimum absolute atomic E-state index is 0.157. The van der Waals surface area contributed by atoms with E-state index in [0.29, 0.717) is 5.59 Å². The maximum Gasteiger partial charge on any atom is 0.166 e. The van der Waals surface area contributed by atoms with Gasteiger partial charge < -0.3 is 10.8 Å². The standard InChI is InChI=1S/C6H8BN3O/c1-3(11)5-6(8)10-4(7)2-9-5/h2,11H,1,7H2,(H2,8,10). The van der Waals surface area contributed by atoms with Gasteiger partial charge in [-0.25, -0.2) is 9.97 Å². The van der Waals surface area contributed by atoms with Crippen LogP contribution >= 0.6 is 0 Å². The molecule has 0 saturated heterocycles. The van der Waals surface area contributed by atoms with Gasteiger partial charge in [0, 0.05) is 11.8 Å². The van der Waals surface area contributed by atoms with Crippen molar-refractivity contribution in [3.05, 3.63) is 18.5 Å². The molecule has 56 valence electrons. The molecule has 1 aromatic rings. The van der Waals surface area contributed by atoms with Gasteiger partial charge in [-0.1, -0.05) is 6.58 Å². The van der Waals surface area contributed by atoms with Gasteiger partial charge in [0.2, 0.25) is 0 Å². The van der Waals surface area contributed by atoms with E-state index >= 15 is 0 Å². The Labute approximate surface area is 65.2 Å². The van der Waals surface area contributed by atoms with E-state index in [-0.39, 0.29) is 17.3 Å². The Morgan fingerprint density at radius 3 is 2.82 bits per heavy atom. The molecule has 1 rings (SSSR count). The maximum atomic E-state index is 8.92. The van der Waals surface area contributed by atoms with E-state index < -0.39 is 0 Å². The predicted molar refractivity (Wildman–Crippen MR) is 46.3 cm³/mol. The van der Waals surface area contributed by atoms with Crippen molar-refractivity contribution in [3.8, 4) is 0 Å². The van der Waals surface area contributed by atoms with Crippen molar-refractivity contribution in [1.82, 2.24) is 9.97 Å². The molecular formula is C6H8BN3O.